The fourth-order valence-electron chi connectivity index (χ4n) is 6.23. The standard InChI is InChI=1S/C31H43ClN2O3.C5H8O5/c1-22(2)27-14-9-23(3)21-29(27)37-30(35)8-6-18-34-19-15-26(16-20-34)36-31(28-7-4-5-17-33-28)24-10-12-25(32)13-11-24;1-2(6)3(7)4(8)5(9)10/h4-5,7,10-13,17,22-23,26-27,29,31H,6,8-9,14-16,18-21H2,1-3H3;3-4,7-8H,1H3,(H,9,10)/t23-,27+,29-,31-;3-,4+/m00/s1. The largest absolute Gasteiger partial charge is 0.479 e. The number of aromatic nitrogens is 1. The first kappa shape index (κ1) is 38.6. The smallest absolute Gasteiger partial charge is 0.335 e. The van der Waals surface area contributed by atoms with Gasteiger partial charge in [0.1, 0.15) is 18.3 Å². The Hall–Kier alpha value is -2.89. The van der Waals surface area contributed by atoms with Crippen LogP contribution in [0.1, 0.15) is 90.0 Å². The van der Waals surface area contributed by atoms with Crippen molar-refractivity contribution in [2.45, 2.75) is 103 Å². The van der Waals surface area contributed by atoms with E-state index in [9.17, 15) is 14.4 Å². The predicted octanol–water partition coefficient (Wildman–Crippen LogP) is 5.47. The Labute approximate surface area is 283 Å². The van der Waals surface area contributed by atoms with Crippen LogP contribution in [0.2, 0.25) is 5.02 Å². The zero-order chi connectivity index (χ0) is 34.5. The first-order valence-corrected chi connectivity index (χ1v) is 17.1. The van der Waals surface area contributed by atoms with Gasteiger partial charge in [0, 0.05) is 30.7 Å². The van der Waals surface area contributed by atoms with Gasteiger partial charge >= 0.3 is 11.9 Å². The van der Waals surface area contributed by atoms with E-state index in [1.807, 2.05) is 48.7 Å². The highest BCUT2D eigenvalue weighted by Crippen LogP contribution is 2.35. The van der Waals surface area contributed by atoms with Gasteiger partial charge in [-0.25, -0.2) is 4.79 Å². The van der Waals surface area contributed by atoms with Crippen LogP contribution in [0.4, 0.5) is 0 Å². The topological polar surface area (TPSA) is 146 Å². The molecule has 47 heavy (non-hydrogen) atoms. The number of rotatable bonds is 13. The number of benzene rings is 1. The first-order chi connectivity index (χ1) is 22.3. The summed E-state index contributed by atoms with van der Waals surface area (Å²) in [4.78, 5) is 39.7. The molecule has 2 aliphatic rings. The fraction of sp³-hybridized carbons (Fsp3) is 0.611. The molecular weight excluding hydrogens is 624 g/mol. The second-order valence-electron chi connectivity index (χ2n) is 13.2. The second-order valence-corrected chi connectivity index (χ2v) is 13.6. The average molecular weight is 675 g/mol. The summed E-state index contributed by atoms with van der Waals surface area (Å²) in [6.45, 7) is 10.7. The quantitative estimate of drug-likeness (QED) is 0.234. The lowest BCUT2D eigenvalue weighted by molar-refractivity contribution is -0.157. The van der Waals surface area contributed by atoms with E-state index in [-0.39, 0.29) is 24.3 Å². The highest BCUT2D eigenvalue weighted by Gasteiger charge is 2.33. The maximum absolute atomic E-state index is 12.6. The minimum absolute atomic E-state index is 0.0239. The summed E-state index contributed by atoms with van der Waals surface area (Å²) in [5.41, 5.74) is 1.98. The zero-order valence-electron chi connectivity index (χ0n) is 28.0. The molecule has 3 N–H and O–H groups in total. The van der Waals surface area contributed by atoms with Crippen molar-refractivity contribution in [2.75, 3.05) is 19.6 Å². The molecule has 0 amide bonds. The van der Waals surface area contributed by atoms with Crippen molar-refractivity contribution in [3.63, 3.8) is 0 Å². The van der Waals surface area contributed by atoms with E-state index in [0.29, 0.717) is 29.2 Å². The summed E-state index contributed by atoms with van der Waals surface area (Å²) in [6, 6.07) is 13.8. The van der Waals surface area contributed by atoms with Gasteiger partial charge in [-0.2, -0.15) is 0 Å². The molecule has 0 spiro atoms. The molecule has 10 nitrogen and oxygen atoms in total. The van der Waals surface area contributed by atoms with Gasteiger partial charge in [-0.1, -0.05) is 57.0 Å². The number of hydrogen-bond acceptors (Lipinski definition) is 9. The Morgan fingerprint density at radius 2 is 1.68 bits per heavy atom. The van der Waals surface area contributed by atoms with Crippen LogP contribution in [0.25, 0.3) is 0 Å². The SMILES string of the molecule is CC(=O)[C@H](O)[C@@H](O)C(=O)O.CC(C)[C@H]1CC[C@H](C)C[C@@H]1OC(=O)CCCN1CCC(O[C@@H](c2ccc(Cl)cc2)c2ccccn2)CC1. The number of nitrogens with zero attached hydrogens (tertiary/aromatic N) is 2. The molecule has 1 aliphatic heterocycles. The number of carbonyl (C=O) groups excluding carboxylic acids is 2. The minimum Gasteiger partial charge on any atom is -0.479 e. The molecule has 1 aromatic heterocycles. The summed E-state index contributed by atoms with van der Waals surface area (Å²) in [5.74, 6) is -0.692. The van der Waals surface area contributed by atoms with Gasteiger partial charge in [0.15, 0.2) is 11.9 Å². The Bertz CT molecular complexity index is 1240. The number of carbonyl (C=O) groups is 3. The monoisotopic (exact) mass is 674 g/mol. The number of halogens is 1. The summed E-state index contributed by atoms with van der Waals surface area (Å²) in [6.07, 6.45) is 4.76. The lowest BCUT2D eigenvalue weighted by atomic mass is 9.75. The third-order valence-electron chi connectivity index (χ3n) is 9.06. The fourth-order valence-corrected chi connectivity index (χ4v) is 6.36. The van der Waals surface area contributed by atoms with E-state index in [1.54, 1.807) is 0 Å². The number of aliphatic hydroxyl groups excluding tert-OH is 2. The van der Waals surface area contributed by atoms with Crippen LogP contribution in [0.5, 0.6) is 0 Å². The van der Waals surface area contributed by atoms with E-state index < -0.39 is 24.0 Å². The molecule has 4 rings (SSSR count). The number of Topliss-reactive ketones (excluding diaryl/α,β-unsaturated/α-hetero) is 1. The Kier molecular flexibility index (Phi) is 15.7. The van der Waals surface area contributed by atoms with Crippen LogP contribution in [-0.2, 0) is 23.9 Å². The lowest BCUT2D eigenvalue weighted by Gasteiger charge is -2.36. The van der Waals surface area contributed by atoms with Crippen molar-refractivity contribution in [3.8, 4) is 0 Å². The van der Waals surface area contributed by atoms with Crippen LogP contribution < -0.4 is 0 Å². The van der Waals surface area contributed by atoms with Crippen molar-refractivity contribution >= 4 is 29.3 Å². The van der Waals surface area contributed by atoms with E-state index in [1.165, 1.54) is 12.8 Å². The normalized spacial score (nSPS) is 22.4. The lowest BCUT2D eigenvalue weighted by Crippen LogP contribution is -2.38. The first-order valence-electron chi connectivity index (χ1n) is 16.7. The summed E-state index contributed by atoms with van der Waals surface area (Å²) in [5, 5.41) is 25.8. The maximum atomic E-state index is 12.6. The number of likely N-dealkylation sites (tertiary alicyclic amines) is 1. The molecule has 2 aromatic rings. The molecule has 1 aliphatic carbocycles. The molecule has 11 heteroatoms. The van der Waals surface area contributed by atoms with E-state index in [2.05, 4.69) is 30.7 Å². The number of aliphatic carboxylic acids is 1. The highest BCUT2D eigenvalue weighted by molar-refractivity contribution is 6.30. The molecule has 0 unspecified atom stereocenters. The van der Waals surface area contributed by atoms with Crippen molar-refractivity contribution in [1.82, 2.24) is 9.88 Å². The van der Waals surface area contributed by atoms with Crippen molar-refractivity contribution < 1.29 is 39.2 Å². The number of esters is 1. The van der Waals surface area contributed by atoms with Crippen molar-refractivity contribution in [3.05, 3.63) is 64.9 Å². The average Bonchev–Trinajstić information content (AvgIpc) is 3.04. The number of aliphatic hydroxyl groups is 2. The van der Waals surface area contributed by atoms with Gasteiger partial charge in [0.2, 0.25) is 0 Å². The summed E-state index contributed by atoms with van der Waals surface area (Å²) < 4.78 is 12.6. The van der Waals surface area contributed by atoms with E-state index >= 15 is 0 Å². The number of ether oxygens (including phenoxy) is 2. The molecule has 1 saturated carbocycles. The highest BCUT2D eigenvalue weighted by atomic mass is 35.5. The number of carboxylic acid groups (broad SMARTS) is 1. The minimum atomic E-state index is -2.02. The van der Waals surface area contributed by atoms with Gasteiger partial charge in [0.25, 0.3) is 0 Å². The molecule has 6 atom stereocenters. The summed E-state index contributed by atoms with van der Waals surface area (Å²) in [7, 11) is 0. The van der Waals surface area contributed by atoms with Crippen molar-refractivity contribution in [2.24, 2.45) is 17.8 Å². The molecule has 1 saturated heterocycles. The Balaban J connectivity index is 0.000000520. The number of pyridine rings is 1. The predicted molar refractivity (Wildman–Crippen MR) is 179 cm³/mol. The molecule has 2 heterocycles. The van der Waals surface area contributed by atoms with Crippen LogP contribution in [0.15, 0.2) is 48.7 Å². The van der Waals surface area contributed by atoms with Gasteiger partial charge in [-0.3, -0.25) is 14.6 Å². The zero-order valence-corrected chi connectivity index (χ0v) is 28.7. The summed E-state index contributed by atoms with van der Waals surface area (Å²) >= 11 is 6.11. The number of carboxylic acids is 1. The Morgan fingerprint density at radius 3 is 2.23 bits per heavy atom. The van der Waals surface area contributed by atoms with E-state index in [0.717, 1.165) is 63.5 Å². The third kappa shape index (κ3) is 12.6. The molecule has 2 fully saturated rings. The van der Waals surface area contributed by atoms with Gasteiger partial charge in [0.05, 0.1) is 11.8 Å². The Morgan fingerprint density at radius 1 is 1.00 bits per heavy atom. The van der Waals surface area contributed by atoms with Gasteiger partial charge < -0.3 is 29.7 Å². The molecule has 1 aromatic carbocycles. The number of hydrogen-bond donors (Lipinski definition) is 3. The van der Waals surface area contributed by atoms with Crippen LogP contribution in [-0.4, -0.2) is 87.0 Å². The molecular formula is C36H51ClN2O8. The molecule has 260 valence electrons. The number of ketones is 1. The molecule has 0 radical (unpaired) electrons. The molecule has 0 bridgehead atoms. The number of piperidine rings is 1. The van der Waals surface area contributed by atoms with Gasteiger partial charge in [-0.05, 0) is 93.2 Å². The van der Waals surface area contributed by atoms with E-state index in [4.69, 9.17) is 36.4 Å². The van der Waals surface area contributed by atoms with Crippen molar-refractivity contribution in [1.29, 1.82) is 0 Å². The van der Waals surface area contributed by atoms with Crippen LogP contribution in [0.3, 0.4) is 0 Å². The maximum Gasteiger partial charge on any atom is 0.335 e. The van der Waals surface area contributed by atoms with Crippen LogP contribution >= 0.6 is 11.6 Å². The van der Waals surface area contributed by atoms with Gasteiger partial charge in [-0.15, -0.1) is 0 Å². The van der Waals surface area contributed by atoms with Crippen LogP contribution in [0, 0.1) is 17.8 Å². The third-order valence-corrected chi connectivity index (χ3v) is 9.31. The second kappa shape index (κ2) is 19.2.